The monoisotopic (exact) mass is 217 g/mol. The first-order valence-electron chi connectivity index (χ1n) is 3.85. The zero-order valence-corrected chi connectivity index (χ0v) is 8.09. The summed E-state index contributed by atoms with van der Waals surface area (Å²) < 4.78 is 4.65. The predicted octanol–water partition coefficient (Wildman–Crippen LogP) is 1.54. The van der Waals surface area contributed by atoms with Gasteiger partial charge in [-0.2, -0.15) is 0 Å². The van der Waals surface area contributed by atoms with E-state index in [1.165, 1.54) is 0 Å². The Morgan fingerprint density at radius 1 is 1.64 bits per heavy atom. The molecule has 76 valence electrons. The van der Waals surface area contributed by atoms with Gasteiger partial charge in [0.1, 0.15) is 5.69 Å². The second-order valence-corrected chi connectivity index (χ2v) is 2.79. The molecular weight excluding hydrogens is 210 g/mol. The van der Waals surface area contributed by atoms with E-state index in [4.69, 9.17) is 16.7 Å². The summed E-state index contributed by atoms with van der Waals surface area (Å²) in [4.78, 5) is 24.2. The van der Waals surface area contributed by atoms with Crippen LogP contribution in [-0.2, 0) is 4.74 Å². The molecule has 0 spiro atoms. The molecule has 0 radical (unpaired) electrons. The first-order chi connectivity index (χ1) is 6.57. The molecule has 14 heavy (non-hydrogen) atoms. The molecule has 0 saturated carbocycles. The van der Waals surface area contributed by atoms with Gasteiger partial charge in [0.2, 0.25) is 0 Å². The molecule has 0 aliphatic heterocycles. The minimum absolute atomic E-state index is 0.0362. The van der Waals surface area contributed by atoms with E-state index in [1.54, 1.807) is 6.92 Å². The molecule has 6 heteroatoms. The first-order valence-corrected chi connectivity index (χ1v) is 4.23. The van der Waals surface area contributed by atoms with Crippen molar-refractivity contribution in [1.29, 1.82) is 0 Å². The molecule has 0 aliphatic carbocycles. The van der Waals surface area contributed by atoms with Gasteiger partial charge in [0.05, 0.1) is 17.2 Å². The van der Waals surface area contributed by atoms with Crippen molar-refractivity contribution in [2.75, 3.05) is 6.61 Å². The highest BCUT2D eigenvalue weighted by Gasteiger charge is 2.20. The van der Waals surface area contributed by atoms with E-state index in [0.717, 1.165) is 6.20 Å². The van der Waals surface area contributed by atoms with Crippen molar-refractivity contribution in [1.82, 2.24) is 4.98 Å². The molecule has 0 saturated heterocycles. The highest BCUT2D eigenvalue weighted by Crippen LogP contribution is 2.21. The Labute approximate surface area is 84.6 Å². The largest absolute Gasteiger partial charge is 0.478 e. The predicted molar refractivity (Wildman–Crippen MR) is 48.7 cm³/mol. The van der Waals surface area contributed by atoms with Crippen LogP contribution in [-0.4, -0.2) is 28.6 Å². The lowest BCUT2D eigenvalue weighted by Crippen LogP contribution is -2.05. The number of carboxylic acids is 1. The van der Waals surface area contributed by atoms with E-state index in [2.05, 4.69) is 9.72 Å². The smallest absolute Gasteiger partial charge is 0.356 e. The molecule has 1 rings (SSSR count). The number of nitrogens with one attached hydrogen (secondary N) is 1. The summed E-state index contributed by atoms with van der Waals surface area (Å²) in [6, 6.07) is 0. The normalized spacial score (nSPS) is 9.86. The van der Waals surface area contributed by atoms with Gasteiger partial charge in [-0.05, 0) is 6.92 Å². The van der Waals surface area contributed by atoms with Gasteiger partial charge < -0.3 is 14.8 Å². The van der Waals surface area contributed by atoms with Crippen molar-refractivity contribution in [3.63, 3.8) is 0 Å². The molecule has 0 aliphatic rings. The number of carboxylic acid groups (broad SMARTS) is 1. The van der Waals surface area contributed by atoms with Crippen LogP contribution in [0.15, 0.2) is 6.20 Å². The molecule has 0 amide bonds. The van der Waals surface area contributed by atoms with Gasteiger partial charge in [-0.25, -0.2) is 9.59 Å². The molecule has 1 heterocycles. The van der Waals surface area contributed by atoms with Crippen molar-refractivity contribution in [3.05, 3.63) is 22.5 Å². The number of aromatic carboxylic acids is 1. The Kier molecular flexibility index (Phi) is 3.14. The molecule has 1 aromatic rings. The topological polar surface area (TPSA) is 79.4 Å². The molecule has 0 atom stereocenters. The number of ether oxygens (including phenoxy) is 1. The maximum atomic E-state index is 11.2. The molecule has 1 aromatic heterocycles. The lowest BCUT2D eigenvalue weighted by atomic mass is 10.3. The SMILES string of the molecule is CCOC(=O)c1[nH]cc(C(=O)O)c1Cl. The van der Waals surface area contributed by atoms with Crippen LogP contribution >= 0.6 is 11.6 Å². The second-order valence-electron chi connectivity index (χ2n) is 2.42. The van der Waals surface area contributed by atoms with Crippen molar-refractivity contribution < 1.29 is 19.4 Å². The van der Waals surface area contributed by atoms with E-state index in [-0.39, 0.29) is 22.9 Å². The number of rotatable bonds is 3. The number of halogens is 1. The van der Waals surface area contributed by atoms with Crippen LogP contribution in [0.3, 0.4) is 0 Å². The van der Waals surface area contributed by atoms with Crippen LogP contribution < -0.4 is 0 Å². The van der Waals surface area contributed by atoms with Gasteiger partial charge in [0.15, 0.2) is 0 Å². The fraction of sp³-hybridized carbons (Fsp3) is 0.250. The van der Waals surface area contributed by atoms with Crippen LogP contribution in [0, 0.1) is 0 Å². The average Bonchev–Trinajstić information content (AvgIpc) is 2.47. The molecule has 2 N–H and O–H groups in total. The molecule has 0 aromatic carbocycles. The zero-order valence-electron chi connectivity index (χ0n) is 7.33. The molecule has 0 fully saturated rings. The van der Waals surface area contributed by atoms with Gasteiger partial charge in [-0.3, -0.25) is 0 Å². The van der Waals surface area contributed by atoms with Crippen molar-refractivity contribution in [2.24, 2.45) is 0 Å². The number of carbonyl (C=O) groups excluding carboxylic acids is 1. The summed E-state index contributed by atoms with van der Waals surface area (Å²) in [5.74, 6) is -1.85. The third-order valence-electron chi connectivity index (χ3n) is 1.53. The van der Waals surface area contributed by atoms with E-state index >= 15 is 0 Å². The van der Waals surface area contributed by atoms with E-state index in [9.17, 15) is 9.59 Å². The summed E-state index contributed by atoms with van der Waals surface area (Å²) in [5, 5.41) is 8.51. The van der Waals surface area contributed by atoms with E-state index in [1.807, 2.05) is 0 Å². The molecular formula is C8H8ClNO4. The van der Waals surface area contributed by atoms with Crippen molar-refractivity contribution in [3.8, 4) is 0 Å². The number of esters is 1. The third kappa shape index (κ3) is 1.88. The zero-order chi connectivity index (χ0) is 10.7. The molecule has 0 unspecified atom stereocenters. The Balaban J connectivity index is 3.00. The number of hydrogen-bond donors (Lipinski definition) is 2. The van der Waals surface area contributed by atoms with E-state index in [0.29, 0.717) is 0 Å². The third-order valence-corrected chi connectivity index (χ3v) is 1.92. The Morgan fingerprint density at radius 2 is 2.29 bits per heavy atom. The Bertz CT molecular complexity index is 371. The minimum atomic E-state index is -1.19. The van der Waals surface area contributed by atoms with E-state index < -0.39 is 11.9 Å². The number of carbonyl (C=O) groups is 2. The summed E-state index contributed by atoms with van der Waals surface area (Å²) in [6.45, 7) is 1.85. The van der Waals surface area contributed by atoms with Gasteiger partial charge in [0, 0.05) is 6.20 Å². The van der Waals surface area contributed by atoms with Gasteiger partial charge in [0.25, 0.3) is 0 Å². The summed E-state index contributed by atoms with van der Waals surface area (Å²) in [6.07, 6.45) is 1.15. The second kappa shape index (κ2) is 4.15. The van der Waals surface area contributed by atoms with Crippen molar-refractivity contribution >= 4 is 23.5 Å². The number of aromatic nitrogens is 1. The van der Waals surface area contributed by atoms with Crippen LogP contribution in [0.5, 0.6) is 0 Å². The highest BCUT2D eigenvalue weighted by atomic mass is 35.5. The quantitative estimate of drug-likeness (QED) is 0.753. The first kappa shape index (κ1) is 10.6. The van der Waals surface area contributed by atoms with Crippen molar-refractivity contribution in [2.45, 2.75) is 6.92 Å². The average molecular weight is 218 g/mol. The summed E-state index contributed by atoms with van der Waals surface area (Å²) >= 11 is 5.64. The van der Waals surface area contributed by atoms with Gasteiger partial charge in [-0.15, -0.1) is 0 Å². The summed E-state index contributed by atoms with van der Waals surface area (Å²) in [5.41, 5.74) is -0.180. The Morgan fingerprint density at radius 3 is 2.71 bits per heavy atom. The highest BCUT2D eigenvalue weighted by molar-refractivity contribution is 6.36. The van der Waals surface area contributed by atoms with Gasteiger partial charge in [-0.1, -0.05) is 11.6 Å². The summed E-state index contributed by atoms with van der Waals surface area (Å²) in [7, 11) is 0. The number of H-pyrrole nitrogens is 1. The fourth-order valence-corrected chi connectivity index (χ4v) is 1.18. The lowest BCUT2D eigenvalue weighted by Gasteiger charge is -1.98. The van der Waals surface area contributed by atoms with Crippen LogP contribution in [0.4, 0.5) is 0 Å². The number of aromatic amines is 1. The molecule has 5 nitrogen and oxygen atoms in total. The van der Waals surface area contributed by atoms with Gasteiger partial charge >= 0.3 is 11.9 Å². The van der Waals surface area contributed by atoms with Crippen LogP contribution in [0.25, 0.3) is 0 Å². The minimum Gasteiger partial charge on any atom is -0.478 e. The van der Waals surface area contributed by atoms with Crippen LogP contribution in [0.1, 0.15) is 27.8 Å². The maximum Gasteiger partial charge on any atom is 0.356 e. The fourth-order valence-electron chi connectivity index (χ4n) is 0.913. The van der Waals surface area contributed by atoms with Crippen LogP contribution in [0.2, 0.25) is 5.02 Å². The molecule has 0 bridgehead atoms. The standard InChI is InChI=1S/C8H8ClNO4/c1-2-14-8(13)6-5(9)4(3-10-6)7(11)12/h3,10H,2H2,1H3,(H,11,12). The number of hydrogen-bond acceptors (Lipinski definition) is 3. The Hall–Kier alpha value is -1.49. The lowest BCUT2D eigenvalue weighted by molar-refractivity contribution is 0.0520. The maximum absolute atomic E-state index is 11.2.